The van der Waals surface area contributed by atoms with Gasteiger partial charge in [-0.3, -0.25) is 0 Å². The number of hydrogen-bond acceptors (Lipinski definition) is 3. The SMILES string of the molecule is Cc1ccc(C)c(-c2cc(O)cc(O)c2)c1O. The average Bonchev–Trinajstić information content (AvgIpc) is 2.23. The van der Waals surface area contributed by atoms with Crippen molar-refractivity contribution in [1.82, 2.24) is 0 Å². The van der Waals surface area contributed by atoms with Crippen molar-refractivity contribution in [3.8, 4) is 28.4 Å². The molecule has 0 radical (unpaired) electrons. The Morgan fingerprint density at radius 1 is 0.765 bits per heavy atom. The Labute approximate surface area is 99.6 Å². The summed E-state index contributed by atoms with van der Waals surface area (Å²) < 4.78 is 0. The lowest BCUT2D eigenvalue weighted by atomic mass is 9.96. The van der Waals surface area contributed by atoms with Gasteiger partial charge in [-0.2, -0.15) is 0 Å². The molecule has 0 heterocycles. The van der Waals surface area contributed by atoms with E-state index in [1.807, 2.05) is 19.1 Å². The summed E-state index contributed by atoms with van der Waals surface area (Å²) in [7, 11) is 0. The summed E-state index contributed by atoms with van der Waals surface area (Å²) in [6.07, 6.45) is 0. The van der Waals surface area contributed by atoms with Crippen molar-refractivity contribution < 1.29 is 15.3 Å². The number of aromatic hydroxyl groups is 3. The fourth-order valence-corrected chi connectivity index (χ4v) is 1.90. The van der Waals surface area contributed by atoms with Crippen molar-refractivity contribution in [2.75, 3.05) is 0 Å². The van der Waals surface area contributed by atoms with Gasteiger partial charge in [0.05, 0.1) is 0 Å². The maximum absolute atomic E-state index is 10.1. The summed E-state index contributed by atoms with van der Waals surface area (Å²) >= 11 is 0. The number of phenols is 3. The molecule has 0 unspecified atom stereocenters. The fraction of sp³-hybridized carbons (Fsp3) is 0.143. The zero-order valence-corrected chi connectivity index (χ0v) is 9.73. The Hall–Kier alpha value is -2.16. The molecule has 0 aliphatic carbocycles. The summed E-state index contributed by atoms with van der Waals surface area (Å²) in [4.78, 5) is 0. The van der Waals surface area contributed by atoms with E-state index in [0.29, 0.717) is 11.1 Å². The van der Waals surface area contributed by atoms with Gasteiger partial charge in [-0.1, -0.05) is 12.1 Å². The molecule has 0 bridgehead atoms. The van der Waals surface area contributed by atoms with Gasteiger partial charge in [0.1, 0.15) is 17.2 Å². The van der Waals surface area contributed by atoms with Gasteiger partial charge in [-0.25, -0.2) is 0 Å². The highest BCUT2D eigenvalue weighted by Gasteiger charge is 2.11. The predicted octanol–water partition coefficient (Wildman–Crippen LogP) is 3.09. The topological polar surface area (TPSA) is 60.7 Å². The van der Waals surface area contributed by atoms with Crippen LogP contribution >= 0.6 is 0 Å². The van der Waals surface area contributed by atoms with Crippen molar-refractivity contribution >= 4 is 0 Å². The minimum atomic E-state index is -0.0275. The van der Waals surface area contributed by atoms with E-state index >= 15 is 0 Å². The molecule has 17 heavy (non-hydrogen) atoms. The minimum Gasteiger partial charge on any atom is -0.508 e. The van der Waals surface area contributed by atoms with Crippen LogP contribution in [0.25, 0.3) is 11.1 Å². The molecular formula is C14H14O3. The highest BCUT2D eigenvalue weighted by Crippen LogP contribution is 2.37. The summed E-state index contributed by atoms with van der Waals surface area (Å²) in [5.41, 5.74) is 2.88. The monoisotopic (exact) mass is 230 g/mol. The Kier molecular flexibility index (Phi) is 2.68. The Morgan fingerprint density at radius 2 is 1.29 bits per heavy atom. The molecule has 88 valence electrons. The summed E-state index contributed by atoms with van der Waals surface area (Å²) in [6, 6.07) is 8.01. The summed E-state index contributed by atoms with van der Waals surface area (Å²) in [5, 5.41) is 29.0. The molecule has 3 N–H and O–H groups in total. The normalized spacial score (nSPS) is 10.5. The first-order chi connectivity index (χ1) is 7.99. The standard InChI is InChI=1S/C14H14O3/c1-8-3-4-9(2)14(17)13(8)10-5-11(15)7-12(16)6-10/h3-7,15-17H,1-2H3. The van der Waals surface area contributed by atoms with E-state index in [4.69, 9.17) is 0 Å². The molecule has 0 saturated carbocycles. The molecule has 0 aromatic heterocycles. The van der Waals surface area contributed by atoms with Crippen LogP contribution in [0.4, 0.5) is 0 Å². The van der Waals surface area contributed by atoms with Gasteiger partial charge in [0, 0.05) is 11.6 Å². The molecule has 2 aromatic carbocycles. The first-order valence-corrected chi connectivity index (χ1v) is 5.31. The molecule has 0 aliphatic rings. The van der Waals surface area contributed by atoms with E-state index in [-0.39, 0.29) is 17.2 Å². The van der Waals surface area contributed by atoms with Crippen LogP contribution in [0.15, 0.2) is 30.3 Å². The van der Waals surface area contributed by atoms with Gasteiger partial charge >= 0.3 is 0 Å². The third-order valence-electron chi connectivity index (χ3n) is 2.78. The van der Waals surface area contributed by atoms with E-state index in [1.54, 1.807) is 6.92 Å². The van der Waals surface area contributed by atoms with Crippen molar-refractivity contribution in [3.05, 3.63) is 41.5 Å². The van der Waals surface area contributed by atoms with Crippen LogP contribution in [0.1, 0.15) is 11.1 Å². The molecule has 0 aliphatic heterocycles. The van der Waals surface area contributed by atoms with E-state index < -0.39 is 0 Å². The Balaban J connectivity index is 2.72. The van der Waals surface area contributed by atoms with Gasteiger partial charge in [0.2, 0.25) is 0 Å². The molecule has 3 nitrogen and oxygen atoms in total. The molecule has 2 rings (SSSR count). The number of phenolic OH excluding ortho intramolecular Hbond substituents is 3. The average molecular weight is 230 g/mol. The Bertz CT molecular complexity index is 554. The number of rotatable bonds is 1. The van der Waals surface area contributed by atoms with Crippen molar-refractivity contribution in [1.29, 1.82) is 0 Å². The van der Waals surface area contributed by atoms with Gasteiger partial charge in [0.25, 0.3) is 0 Å². The van der Waals surface area contributed by atoms with Crippen LogP contribution in [-0.4, -0.2) is 15.3 Å². The fourth-order valence-electron chi connectivity index (χ4n) is 1.90. The quantitative estimate of drug-likeness (QED) is 0.705. The number of benzene rings is 2. The van der Waals surface area contributed by atoms with E-state index in [1.165, 1.54) is 18.2 Å². The zero-order valence-electron chi connectivity index (χ0n) is 9.73. The van der Waals surface area contributed by atoms with Crippen LogP contribution in [0, 0.1) is 13.8 Å². The zero-order chi connectivity index (χ0) is 12.6. The predicted molar refractivity (Wildman–Crippen MR) is 66.3 cm³/mol. The van der Waals surface area contributed by atoms with Crippen LogP contribution in [0.3, 0.4) is 0 Å². The highest BCUT2D eigenvalue weighted by atomic mass is 16.3. The first-order valence-electron chi connectivity index (χ1n) is 5.31. The van der Waals surface area contributed by atoms with Gasteiger partial charge in [0.15, 0.2) is 0 Å². The van der Waals surface area contributed by atoms with Crippen LogP contribution < -0.4 is 0 Å². The van der Waals surface area contributed by atoms with Crippen LogP contribution in [-0.2, 0) is 0 Å². The molecule has 0 atom stereocenters. The maximum atomic E-state index is 10.1. The minimum absolute atomic E-state index is 0.0275. The second kappa shape index (κ2) is 4.01. The van der Waals surface area contributed by atoms with Gasteiger partial charge in [-0.05, 0) is 42.7 Å². The lowest BCUT2D eigenvalue weighted by Crippen LogP contribution is -1.87. The lowest BCUT2D eigenvalue weighted by molar-refractivity contribution is 0.450. The molecule has 2 aromatic rings. The second-order valence-electron chi connectivity index (χ2n) is 4.16. The molecule has 0 fully saturated rings. The van der Waals surface area contributed by atoms with E-state index in [9.17, 15) is 15.3 Å². The molecule has 3 heteroatoms. The van der Waals surface area contributed by atoms with Gasteiger partial charge in [-0.15, -0.1) is 0 Å². The van der Waals surface area contributed by atoms with Gasteiger partial charge < -0.3 is 15.3 Å². The first kappa shape index (κ1) is 11.3. The Morgan fingerprint density at radius 3 is 1.88 bits per heavy atom. The maximum Gasteiger partial charge on any atom is 0.126 e. The van der Waals surface area contributed by atoms with Crippen molar-refractivity contribution in [2.24, 2.45) is 0 Å². The smallest absolute Gasteiger partial charge is 0.126 e. The largest absolute Gasteiger partial charge is 0.508 e. The van der Waals surface area contributed by atoms with E-state index in [2.05, 4.69) is 0 Å². The highest BCUT2D eigenvalue weighted by molar-refractivity contribution is 5.76. The third-order valence-corrected chi connectivity index (χ3v) is 2.78. The number of hydrogen-bond donors (Lipinski definition) is 3. The molecule has 0 amide bonds. The van der Waals surface area contributed by atoms with Crippen LogP contribution in [0.2, 0.25) is 0 Å². The molecule has 0 saturated heterocycles. The van der Waals surface area contributed by atoms with Crippen molar-refractivity contribution in [2.45, 2.75) is 13.8 Å². The summed E-state index contributed by atoms with van der Waals surface area (Å²) in [5.74, 6) is 0.121. The van der Waals surface area contributed by atoms with Crippen molar-refractivity contribution in [3.63, 3.8) is 0 Å². The molecular weight excluding hydrogens is 216 g/mol. The number of aryl methyl sites for hydroxylation is 2. The second-order valence-corrected chi connectivity index (χ2v) is 4.16. The molecule has 0 spiro atoms. The lowest BCUT2D eigenvalue weighted by Gasteiger charge is -2.11. The summed E-state index contributed by atoms with van der Waals surface area (Å²) in [6.45, 7) is 3.68. The third kappa shape index (κ3) is 2.04. The van der Waals surface area contributed by atoms with E-state index in [0.717, 1.165) is 11.1 Å². The van der Waals surface area contributed by atoms with Crippen LogP contribution in [0.5, 0.6) is 17.2 Å².